The Morgan fingerprint density at radius 3 is 2.88 bits per heavy atom. The largest absolute Gasteiger partial charge is 0.396 e. The van der Waals surface area contributed by atoms with Crippen LogP contribution in [0.5, 0.6) is 0 Å². The van der Waals surface area contributed by atoms with Crippen LogP contribution < -0.4 is 11.1 Å². The highest BCUT2D eigenvalue weighted by molar-refractivity contribution is 5.74. The van der Waals surface area contributed by atoms with Crippen LogP contribution >= 0.6 is 0 Å². The van der Waals surface area contributed by atoms with Gasteiger partial charge in [-0.15, -0.1) is 0 Å². The lowest BCUT2D eigenvalue weighted by molar-refractivity contribution is 0.208. The number of carbonyl (C=O) groups is 1. The van der Waals surface area contributed by atoms with Crippen molar-refractivity contribution >= 4 is 11.7 Å². The van der Waals surface area contributed by atoms with Gasteiger partial charge in [-0.1, -0.05) is 0 Å². The minimum absolute atomic E-state index is 0.0256. The first-order chi connectivity index (χ1) is 7.75. The van der Waals surface area contributed by atoms with E-state index in [1.54, 1.807) is 17.1 Å². The van der Waals surface area contributed by atoms with E-state index >= 15 is 0 Å². The molecule has 0 bridgehead atoms. The molecule has 6 nitrogen and oxygen atoms in total. The van der Waals surface area contributed by atoms with E-state index in [0.29, 0.717) is 18.8 Å². The summed E-state index contributed by atoms with van der Waals surface area (Å²) >= 11 is 0. The molecular formula is C10H17N5O. The first-order valence-corrected chi connectivity index (χ1v) is 5.56. The summed E-state index contributed by atoms with van der Waals surface area (Å²) in [5.74, 6) is 0. The van der Waals surface area contributed by atoms with E-state index < -0.39 is 0 Å². The van der Waals surface area contributed by atoms with Crippen LogP contribution in [0.25, 0.3) is 0 Å². The summed E-state index contributed by atoms with van der Waals surface area (Å²) in [5, 5.41) is 6.90. The monoisotopic (exact) mass is 223 g/mol. The lowest BCUT2D eigenvalue weighted by Gasteiger charge is -2.15. The molecule has 1 saturated heterocycles. The third-order valence-electron chi connectivity index (χ3n) is 2.66. The summed E-state index contributed by atoms with van der Waals surface area (Å²) < 4.78 is 1.72. The van der Waals surface area contributed by atoms with Crippen LogP contribution in [-0.4, -0.2) is 40.3 Å². The number of carbonyl (C=O) groups excluding carboxylic acids is 1. The molecule has 1 aromatic heterocycles. The summed E-state index contributed by atoms with van der Waals surface area (Å²) in [6, 6.07) is 0.0256. The van der Waals surface area contributed by atoms with Gasteiger partial charge in [0.05, 0.1) is 18.4 Å². The predicted octanol–water partition coefficient (Wildman–Crippen LogP) is 0.271. The number of rotatable bonds is 3. The van der Waals surface area contributed by atoms with E-state index in [1.807, 2.05) is 4.90 Å². The molecule has 1 aliphatic rings. The maximum atomic E-state index is 11.6. The van der Waals surface area contributed by atoms with Gasteiger partial charge in [-0.25, -0.2) is 4.79 Å². The van der Waals surface area contributed by atoms with Crippen molar-refractivity contribution in [1.82, 2.24) is 20.0 Å². The zero-order valence-electron chi connectivity index (χ0n) is 9.22. The molecule has 0 atom stereocenters. The molecule has 0 unspecified atom stereocenters. The third kappa shape index (κ3) is 2.65. The van der Waals surface area contributed by atoms with Crippen molar-refractivity contribution in [1.29, 1.82) is 0 Å². The molecule has 2 heterocycles. The van der Waals surface area contributed by atoms with Gasteiger partial charge in [-0.3, -0.25) is 4.68 Å². The molecular weight excluding hydrogens is 206 g/mol. The number of likely N-dealkylation sites (tertiary alicyclic amines) is 1. The van der Waals surface area contributed by atoms with Crippen molar-refractivity contribution in [3.05, 3.63) is 12.4 Å². The van der Waals surface area contributed by atoms with Crippen molar-refractivity contribution in [2.75, 3.05) is 25.4 Å². The number of nitrogens with zero attached hydrogens (tertiary/aromatic N) is 3. The molecule has 1 fully saturated rings. The van der Waals surface area contributed by atoms with Crippen LogP contribution in [0.2, 0.25) is 0 Å². The average Bonchev–Trinajstić information content (AvgIpc) is 2.89. The van der Waals surface area contributed by atoms with Crippen molar-refractivity contribution in [3.8, 4) is 0 Å². The minimum Gasteiger partial charge on any atom is -0.396 e. The zero-order chi connectivity index (χ0) is 11.4. The lowest BCUT2D eigenvalue weighted by Crippen LogP contribution is -2.39. The van der Waals surface area contributed by atoms with Gasteiger partial charge >= 0.3 is 6.03 Å². The molecule has 3 N–H and O–H groups in total. The second kappa shape index (κ2) is 4.87. The van der Waals surface area contributed by atoms with Crippen LogP contribution in [-0.2, 0) is 6.54 Å². The van der Waals surface area contributed by atoms with Crippen LogP contribution in [0.15, 0.2) is 12.4 Å². The number of nitrogen functional groups attached to an aromatic ring is 1. The Balaban J connectivity index is 1.69. The fraction of sp³-hybridized carbons (Fsp3) is 0.600. The Bertz CT molecular complexity index is 356. The fourth-order valence-corrected chi connectivity index (χ4v) is 1.81. The number of urea groups is 1. The summed E-state index contributed by atoms with van der Waals surface area (Å²) in [7, 11) is 0. The molecule has 0 aliphatic carbocycles. The van der Waals surface area contributed by atoms with Gasteiger partial charge in [0, 0.05) is 25.8 Å². The second-order valence-electron chi connectivity index (χ2n) is 3.96. The van der Waals surface area contributed by atoms with E-state index in [2.05, 4.69) is 10.4 Å². The topological polar surface area (TPSA) is 76.2 Å². The number of hydrogen-bond donors (Lipinski definition) is 2. The van der Waals surface area contributed by atoms with E-state index in [-0.39, 0.29) is 6.03 Å². The number of anilines is 1. The molecule has 2 amide bonds. The first-order valence-electron chi connectivity index (χ1n) is 5.56. The maximum Gasteiger partial charge on any atom is 0.317 e. The Morgan fingerprint density at radius 1 is 1.50 bits per heavy atom. The SMILES string of the molecule is Nc1cnn(CCNC(=O)N2CCCC2)c1. The maximum absolute atomic E-state index is 11.6. The minimum atomic E-state index is 0.0256. The van der Waals surface area contributed by atoms with Gasteiger partial charge in [0.25, 0.3) is 0 Å². The molecule has 1 aromatic rings. The average molecular weight is 223 g/mol. The van der Waals surface area contributed by atoms with E-state index in [1.165, 1.54) is 0 Å². The Morgan fingerprint density at radius 2 is 2.25 bits per heavy atom. The van der Waals surface area contributed by atoms with Crippen molar-refractivity contribution in [2.45, 2.75) is 19.4 Å². The molecule has 0 aromatic carbocycles. The van der Waals surface area contributed by atoms with Crippen LogP contribution in [0.3, 0.4) is 0 Å². The van der Waals surface area contributed by atoms with Gasteiger partial charge in [0.1, 0.15) is 0 Å². The Hall–Kier alpha value is -1.72. The quantitative estimate of drug-likeness (QED) is 0.772. The summed E-state index contributed by atoms with van der Waals surface area (Å²) in [5.41, 5.74) is 6.18. The zero-order valence-corrected chi connectivity index (χ0v) is 9.22. The van der Waals surface area contributed by atoms with Crippen molar-refractivity contribution < 1.29 is 4.79 Å². The van der Waals surface area contributed by atoms with Gasteiger partial charge < -0.3 is 16.0 Å². The number of nitrogens with two attached hydrogens (primary N) is 1. The van der Waals surface area contributed by atoms with E-state index in [0.717, 1.165) is 25.9 Å². The van der Waals surface area contributed by atoms with E-state index in [4.69, 9.17) is 5.73 Å². The van der Waals surface area contributed by atoms with Gasteiger partial charge in [0.2, 0.25) is 0 Å². The van der Waals surface area contributed by atoms with Crippen molar-refractivity contribution in [2.24, 2.45) is 0 Å². The standard InChI is InChI=1S/C10H17N5O/c11-9-7-13-15(8-9)6-3-12-10(16)14-4-1-2-5-14/h7-8H,1-6,11H2,(H,12,16). The third-order valence-corrected chi connectivity index (χ3v) is 2.66. The summed E-state index contributed by atoms with van der Waals surface area (Å²) in [4.78, 5) is 13.4. The van der Waals surface area contributed by atoms with Gasteiger partial charge in [-0.05, 0) is 12.8 Å². The smallest absolute Gasteiger partial charge is 0.317 e. The Labute approximate surface area is 94.4 Å². The lowest BCUT2D eigenvalue weighted by atomic mass is 10.4. The molecule has 16 heavy (non-hydrogen) atoms. The first kappa shape index (κ1) is 10.8. The van der Waals surface area contributed by atoms with Crippen molar-refractivity contribution in [3.63, 3.8) is 0 Å². The fourth-order valence-electron chi connectivity index (χ4n) is 1.81. The second-order valence-corrected chi connectivity index (χ2v) is 3.96. The summed E-state index contributed by atoms with van der Waals surface area (Å²) in [6.07, 6.45) is 5.58. The van der Waals surface area contributed by atoms with Gasteiger partial charge in [-0.2, -0.15) is 5.10 Å². The predicted molar refractivity (Wildman–Crippen MR) is 60.8 cm³/mol. The van der Waals surface area contributed by atoms with Crippen LogP contribution in [0.4, 0.5) is 10.5 Å². The summed E-state index contributed by atoms with van der Waals surface area (Å²) in [6.45, 7) is 2.98. The molecule has 88 valence electrons. The molecule has 0 spiro atoms. The number of amides is 2. The molecule has 0 radical (unpaired) electrons. The highest BCUT2D eigenvalue weighted by Crippen LogP contribution is 2.06. The molecule has 1 aliphatic heterocycles. The van der Waals surface area contributed by atoms with Crippen LogP contribution in [0, 0.1) is 0 Å². The van der Waals surface area contributed by atoms with Crippen LogP contribution in [0.1, 0.15) is 12.8 Å². The molecule has 6 heteroatoms. The van der Waals surface area contributed by atoms with E-state index in [9.17, 15) is 4.79 Å². The highest BCUT2D eigenvalue weighted by Gasteiger charge is 2.16. The number of aromatic nitrogens is 2. The molecule has 0 saturated carbocycles. The Kier molecular flexibility index (Phi) is 3.28. The number of hydrogen-bond acceptors (Lipinski definition) is 3. The normalized spacial score (nSPS) is 15.4. The molecule has 2 rings (SSSR count). The van der Waals surface area contributed by atoms with Gasteiger partial charge in [0.15, 0.2) is 0 Å². The number of nitrogens with one attached hydrogen (secondary N) is 1. The highest BCUT2D eigenvalue weighted by atomic mass is 16.2.